The van der Waals surface area contributed by atoms with Crippen LogP contribution in [0.4, 0.5) is 0 Å². The summed E-state index contributed by atoms with van der Waals surface area (Å²) in [4.78, 5) is 33.7. The van der Waals surface area contributed by atoms with E-state index in [-0.39, 0.29) is 11.8 Å². The molecule has 0 radical (unpaired) electrons. The largest absolute Gasteiger partial charge is 0.480 e. The molecular weight excluding hydrogens is 424 g/mol. The second-order valence-electron chi connectivity index (χ2n) is 8.34. The predicted molar refractivity (Wildman–Crippen MR) is 127 cm³/mol. The molecule has 8 heteroatoms. The third-order valence-corrected chi connectivity index (χ3v) is 6.73. The number of benzene rings is 1. The number of carboxylic acids is 1. The second-order valence-corrected chi connectivity index (χ2v) is 9.06. The Morgan fingerprint density at radius 2 is 1.94 bits per heavy atom. The normalized spacial score (nSPS) is 13.4. The van der Waals surface area contributed by atoms with Gasteiger partial charge >= 0.3 is 5.97 Å². The molecule has 2 N–H and O–H groups in total. The molecule has 2 atom stereocenters. The van der Waals surface area contributed by atoms with E-state index in [2.05, 4.69) is 28.7 Å². The number of hydrogen-bond donors (Lipinski definition) is 2. The lowest BCUT2D eigenvalue weighted by atomic mass is 9.99. The minimum Gasteiger partial charge on any atom is -0.480 e. The van der Waals surface area contributed by atoms with Crippen LogP contribution in [0.5, 0.6) is 0 Å². The molecule has 2 unspecified atom stereocenters. The van der Waals surface area contributed by atoms with Crippen molar-refractivity contribution < 1.29 is 14.7 Å². The summed E-state index contributed by atoms with van der Waals surface area (Å²) in [5, 5.41) is 14.2. The van der Waals surface area contributed by atoms with Crippen molar-refractivity contribution in [3.05, 3.63) is 46.2 Å². The molecule has 3 rings (SSSR count). The summed E-state index contributed by atoms with van der Waals surface area (Å²) >= 11 is 1.56. The smallest absolute Gasteiger partial charge is 0.326 e. The Hall–Kier alpha value is -2.74. The Kier molecular flexibility index (Phi) is 8.01. The first-order chi connectivity index (χ1) is 15.4. The lowest BCUT2D eigenvalue weighted by Crippen LogP contribution is -2.41. The summed E-state index contributed by atoms with van der Waals surface area (Å²) < 4.78 is 2.26. The molecule has 0 bridgehead atoms. The molecule has 0 saturated carbocycles. The van der Waals surface area contributed by atoms with Crippen LogP contribution in [0, 0.1) is 5.92 Å². The van der Waals surface area contributed by atoms with Crippen molar-refractivity contribution in [1.29, 1.82) is 0 Å². The molecular formula is C24H32N4O3S. The van der Waals surface area contributed by atoms with Gasteiger partial charge in [0.1, 0.15) is 11.9 Å². The lowest BCUT2D eigenvalue weighted by molar-refractivity contribution is -0.139. The van der Waals surface area contributed by atoms with E-state index in [4.69, 9.17) is 4.98 Å². The molecule has 1 aromatic carbocycles. The van der Waals surface area contributed by atoms with Gasteiger partial charge < -0.3 is 15.0 Å². The number of rotatable bonds is 11. The highest BCUT2D eigenvalue weighted by Gasteiger charge is 2.24. The van der Waals surface area contributed by atoms with Gasteiger partial charge in [-0.3, -0.25) is 4.79 Å². The fraction of sp³-hybridized carbons (Fsp3) is 0.500. The van der Waals surface area contributed by atoms with Gasteiger partial charge in [0, 0.05) is 23.4 Å². The van der Waals surface area contributed by atoms with Gasteiger partial charge in [0.15, 0.2) is 0 Å². The predicted octanol–water partition coefficient (Wildman–Crippen LogP) is 5.06. The zero-order chi connectivity index (χ0) is 23.3. The molecule has 2 heterocycles. The molecule has 0 fully saturated rings. The third kappa shape index (κ3) is 5.35. The van der Waals surface area contributed by atoms with Crippen LogP contribution < -0.4 is 5.32 Å². The van der Waals surface area contributed by atoms with Crippen molar-refractivity contribution in [2.75, 3.05) is 0 Å². The molecule has 3 aromatic rings. The number of fused-ring (bicyclic) bond motifs is 1. The highest BCUT2D eigenvalue weighted by Crippen LogP contribution is 2.28. The van der Waals surface area contributed by atoms with Crippen molar-refractivity contribution in [3.8, 4) is 0 Å². The summed E-state index contributed by atoms with van der Waals surface area (Å²) in [6.07, 6.45) is 3.85. The van der Waals surface area contributed by atoms with E-state index in [1.165, 1.54) is 0 Å². The number of hydrogen-bond acceptors (Lipinski definition) is 5. The Morgan fingerprint density at radius 1 is 1.19 bits per heavy atom. The summed E-state index contributed by atoms with van der Waals surface area (Å²) in [6, 6.07) is 4.84. The number of nitrogens with zero attached hydrogens (tertiary/aromatic N) is 3. The molecule has 0 spiro atoms. The van der Waals surface area contributed by atoms with Crippen LogP contribution in [0.3, 0.4) is 0 Å². The number of carboxylic acid groups (broad SMARTS) is 1. The van der Waals surface area contributed by atoms with E-state index in [9.17, 15) is 14.7 Å². The number of thiazole rings is 1. The maximum absolute atomic E-state index is 12.8. The number of carbonyl (C=O) groups excluding carboxylic acids is 1. The van der Waals surface area contributed by atoms with Crippen molar-refractivity contribution in [1.82, 2.24) is 19.9 Å². The first-order valence-electron chi connectivity index (χ1n) is 11.3. The number of aromatic nitrogens is 3. The minimum absolute atomic E-state index is 0.211. The second kappa shape index (κ2) is 10.7. The Morgan fingerprint density at radius 3 is 2.53 bits per heavy atom. The highest BCUT2D eigenvalue weighted by molar-refractivity contribution is 7.07. The maximum Gasteiger partial charge on any atom is 0.326 e. The van der Waals surface area contributed by atoms with Gasteiger partial charge in [-0.05, 0) is 43.4 Å². The summed E-state index contributed by atoms with van der Waals surface area (Å²) in [6.45, 7) is 8.33. The summed E-state index contributed by atoms with van der Waals surface area (Å²) in [7, 11) is 0. The van der Waals surface area contributed by atoms with Crippen LogP contribution in [-0.4, -0.2) is 37.6 Å². The van der Waals surface area contributed by atoms with Gasteiger partial charge in [-0.25, -0.2) is 14.8 Å². The van der Waals surface area contributed by atoms with Crippen molar-refractivity contribution >= 4 is 34.2 Å². The average molecular weight is 457 g/mol. The van der Waals surface area contributed by atoms with Crippen molar-refractivity contribution in [2.45, 2.75) is 71.9 Å². The van der Waals surface area contributed by atoms with Gasteiger partial charge in [-0.1, -0.05) is 34.1 Å². The van der Waals surface area contributed by atoms with Crippen LogP contribution in [0.2, 0.25) is 0 Å². The van der Waals surface area contributed by atoms with E-state index in [0.29, 0.717) is 24.4 Å². The van der Waals surface area contributed by atoms with Crippen LogP contribution in [0.15, 0.2) is 29.1 Å². The van der Waals surface area contributed by atoms with E-state index in [1.54, 1.807) is 23.5 Å². The van der Waals surface area contributed by atoms with Crippen molar-refractivity contribution in [3.63, 3.8) is 0 Å². The van der Waals surface area contributed by atoms with Crippen LogP contribution in [0.1, 0.15) is 81.3 Å². The molecule has 32 heavy (non-hydrogen) atoms. The molecule has 0 aliphatic carbocycles. The van der Waals surface area contributed by atoms with E-state index in [1.807, 2.05) is 30.8 Å². The number of imidazole rings is 1. The van der Waals surface area contributed by atoms with Gasteiger partial charge in [0.05, 0.1) is 22.2 Å². The van der Waals surface area contributed by atoms with Gasteiger partial charge in [-0.15, -0.1) is 11.3 Å². The molecule has 172 valence electrons. The Balaban J connectivity index is 1.93. The first kappa shape index (κ1) is 23.9. The molecule has 7 nitrogen and oxygen atoms in total. The van der Waals surface area contributed by atoms with E-state index >= 15 is 0 Å². The lowest BCUT2D eigenvalue weighted by Gasteiger charge is -2.19. The van der Waals surface area contributed by atoms with Gasteiger partial charge in [0.2, 0.25) is 0 Å². The summed E-state index contributed by atoms with van der Waals surface area (Å²) in [5.74, 6) is -0.260. The molecule has 0 aliphatic rings. The fourth-order valence-electron chi connectivity index (χ4n) is 3.99. The molecule has 0 saturated heterocycles. The van der Waals surface area contributed by atoms with Crippen LogP contribution in [-0.2, 0) is 11.2 Å². The van der Waals surface area contributed by atoms with Crippen LogP contribution >= 0.6 is 11.3 Å². The number of amides is 1. The molecule has 1 amide bonds. The van der Waals surface area contributed by atoms with E-state index < -0.39 is 12.0 Å². The SMILES string of the molecule is CCC(C)CC(NC(=O)c1ccc2c(c1)nc(Cc1cscn1)n2C(CC)CC)C(=O)O. The topological polar surface area (TPSA) is 97.1 Å². The number of carbonyl (C=O) groups is 2. The quantitative estimate of drug-likeness (QED) is 0.420. The molecule has 2 aromatic heterocycles. The zero-order valence-electron chi connectivity index (χ0n) is 19.2. The third-order valence-electron chi connectivity index (χ3n) is 6.09. The minimum atomic E-state index is -1.01. The Bertz CT molecular complexity index is 1060. The zero-order valence-corrected chi connectivity index (χ0v) is 20.0. The van der Waals surface area contributed by atoms with Gasteiger partial charge in [0.25, 0.3) is 5.91 Å². The van der Waals surface area contributed by atoms with Crippen LogP contribution in [0.25, 0.3) is 11.0 Å². The first-order valence-corrected chi connectivity index (χ1v) is 12.2. The van der Waals surface area contributed by atoms with Crippen molar-refractivity contribution in [2.24, 2.45) is 5.92 Å². The number of nitrogens with one attached hydrogen (secondary N) is 1. The monoisotopic (exact) mass is 456 g/mol. The maximum atomic E-state index is 12.8. The van der Waals surface area contributed by atoms with Gasteiger partial charge in [-0.2, -0.15) is 0 Å². The number of aliphatic carboxylic acids is 1. The fourth-order valence-corrected chi connectivity index (χ4v) is 4.55. The Labute approximate surface area is 192 Å². The average Bonchev–Trinajstić information content (AvgIpc) is 3.41. The highest BCUT2D eigenvalue weighted by atomic mass is 32.1. The van der Waals surface area contributed by atoms with E-state index in [0.717, 1.165) is 41.8 Å². The standard InChI is InChI=1S/C24H32N4O3S/c1-5-15(4)10-20(24(30)31)27-23(29)16-8-9-21-19(11-16)26-22(12-17-13-32-14-25-17)28(21)18(6-2)7-3/h8-9,11,13-15,18,20H,5-7,10,12H2,1-4H3,(H,27,29)(H,30,31). The molecule has 0 aliphatic heterocycles. The summed E-state index contributed by atoms with van der Waals surface area (Å²) in [5.41, 5.74) is 4.94.